The molecule has 0 aromatic rings. The smallest absolute Gasteiger partial charge is 0.00313 e. The van der Waals surface area contributed by atoms with Crippen LogP contribution >= 0.6 is 15.9 Å². The average molecular weight is 301 g/mol. The summed E-state index contributed by atoms with van der Waals surface area (Å²) in [6, 6.07) is 0. The molecule has 0 saturated heterocycles. The highest BCUT2D eigenvalue weighted by Crippen LogP contribution is 2.05. The SMILES string of the molecule is CCCCC/C=C\C/C=C\CCCCCCBr. The lowest BCUT2D eigenvalue weighted by Gasteiger charge is -1.95. The molecule has 0 aliphatic heterocycles. The Kier molecular flexibility index (Phi) is 15.9. The van der Waals surface area contributed by atoms with Crippen LogP contribution in [0.4, 0.5) is 0 Å². The monoisotopic (exact) mass is 300 g/mol. The Balaban J connectivity index is 3.13. The topological polar surface area (TPSA) is 0 Å². The maximum atomic E-state index is 3.46. The van der Waals surface area contributed by atoms with E-state index in [4.69, 9.17) is 0 Å². The van der Waals surface area contributed by atoms with Gasteiger partial charge in [0.25, 0.3) is 0 Å². The van der Waals surface area contributed by atoms with Crippen molar-refractivity contribution in [3.8, 4) is 0 Å². The lowest BCUT2D eigenvalue weighted by atomic mass is 10.1. The molecule has 0 unspecified atom stereocenters. The average Bonchev–Trinajstić information content (AvgIpc) is 2.35. The van der Waals surface area contributed by atoms with Crippen LogP contribution in [0.3, 0.4) is 0 Å². The molecule has 0 aromatic heterocycles. The number of unbranched alkanes of at least 4 members (excludes halogenated alkanes) is 7. The summed E-state index contributed by atoms with van der Waals surface area (Å²) < 4.78 is 0. The standard InChI is InChI=1S/C16H29Br/c1-2-3-4-5-6-7-8-9-10-11-12-13-14-15-16-17/h6-7,9-10H,2-5,8,11-16H2,1H3/b7-6-,10-9-. The van der Waals surface area contributed by atoms with E-state index >= 15 is 0 Å². The molecule has 0 spiro atoms. The Hall–Kier alpha value is -0.0400. The summed E-state index contributed by atoms with van der Waals surface area (Å²) in [7, 11) is 0. The fourth-order valence-electron chi connectivity index (χ4n) is 1.73. The van der Waals surface area contributed by atoms with Crippen LogP contribution in [0.15, 0.2) is 24.3 Å². The first-order chi connectivity index (χ1) is 8.41. The van der Waals surface area contributed by atoms with Crippen molar-refractivity contribution in [1.29, 1.82) is 0 Å². The number of hydrogen-bond donors (Lipinski definition) is 0. The molecule has 17 heavy (non-hydrogen) atoms. The second-order valence-corrected chi connectivity index (χ2v) is 5.36. The summed E-state index contributed by atoms with van der Waals surface area (Å²) in [6.45, 7) is 2.25. The van der Waals surface area contributed by atoms with Gasteiger partial charge < -0.3 is 0 Å². The van der Waals surface area contributed by atoms with Crippen molar-refractivity contribution in [2.45, 2.75) is 71.1 Å². The Labute approximate surface area is 117 Å². The van der Waals surface area contributed by atoms with E-state index in [1.54, 1.807) is 0 Å². The van der Waals surface area contributed by atoms with Crippen LogP contribution in [0.25, 0.3) is 0 Å². The summed E-state index contributed by atoms with van der Waals surface area (Å²) in [5, 5.41) is 1.16. The molecular formula is C16H29Br. The zero-order valence-corrected chi connectivity index (χ0v) is 13.1. The van der Waals surface area contributed by atoms with Crippen LogP contribution in [0.5, 0.6) is 0 Å². The predicted octanol–water partition coefficient (Wildman–Crippen LogP) is 6.41. The highest BCUT2D eigenvalue weighted by Gasteiger charge is 1.86. The number of hydrogen-bond acceptors (Lipinski definition) is 0. The van der Waals surface area contributed by atoms with Crippen molar-refractivity contribution in [2.24, 2.45) is 0 Å². The fourth-order valence-corrected chi connectivity index (χ4v) is 2.13. The number of allylic oxidation sites excluding steroid dienone is 4. The molecule has 0 N–H and O–H groups in total. The minimum absolute atomic E-state index is 1.12. The van der Waals surface area contributed by atoms with Crippen LogP contribution in [-0.4, -0.2) is 5.33 Å². The van der Waals surface area contributed by atoms with Crippen molar-refractivity contribution in [2.75, 3.05) is 5.33 Å². The molecule has 1 heteroatoms. The van der Waals surface area contributed by atoms with Crippen molar-refractivity contribution in [3.05, 3.63) is 24.3 Å². The second-order valence-electron chi connectivity index (χ2n) is 4.57. The number of rotatable bonds is 12. The predicted molar refractivity (Wildman–Crippen MR) is 83.9 cm³/mol. The molecule has 0 rings (SSSR count). The van der Waals surface area contributed by atoms with Crippen LogP contribution < -0.4 is 0 Å². The van der Waals surface area contributed by atoms with Gasteiger partial charge in [0, 0.05) is 5.33 Å². The molecule has 0 fully saturated rings. The normalized spacial score (nSPS) is 11.9. The van der Waals surface area contributed by atoms with Gasteiger partial charge in [-0.3, -0.25) is 0 Å². The summed E-state index contributed by atoms with van der Waals surface area (Å²) in [6.07, 6.45) is 22.4. The molecule has 100 valence electrons. The van der Waals surface area contributed by atoms with Crippen LogP contribution in [0.1, 0.15) is 71.1 Å². The molecule has 0 heterocycles. The molecule has 0 radical (unpaired) electrons. The Morgan fingerprint density at radius 1 is 0.706 bits per heavy atom. The van der Waals surface area contributed by atoms with Crippen LogP contribution in [-0.2, 0) is 0 Å². The van der Waals surface area contributed by atoms with Gasteiger partial charge in [-0.05, 0) is 38.5 Å². The Morgan fingerprint density at radius 2 is 1.29 bits per heavy atom. The Morgan fingerprint density at radius 3 is 1.88 bits per heavy atom. The van der Waals surface area contributed by atoms with Crippen molar-refractivity contribution < 1.29 is 0 Å². The number of halogens is 1. The zero-order valence-electron chi connectivity index (χ0n) is 11.5. The minimum Gasteiger partial charge on any atom is -0.0928 e. The van der Waals surface area contributed by atoms with E-state index in [-0.39, 0.29) is 0 Å². The quantitative estimate of drug-likeness (QED) is 0.222. The van der Waals surface area contributed by atoms with Gasteiger partial charge in [-0.15, -0.1) is 0 Å². The molecular weight excluding hydrogens is 272 g/mol. The maximum absolute atomic E-state index is 3.46. The molecule has 0 nitrogen and oxygen atoms in total. The first kappa shape index (κ1) is 17.0. The van der Waals surface area contributed by atoms with Gasteiger partial charge in [0.15, 0.2) is 0 Å². The van der Waals surface area contributed by atoms with Gasteiger partial charge in [0.2, 0.25) is 0 Å². The molecule has 0 atom stereocenters. The van der Waals surface area contributed by atoms with E-state index < -0.39 is 0 Å². The van der Waals surface area contributed by atoms with E-state index in [1.165, 1.54) is 57.8 Å². The minimum atomic E-state index is 1.12. The zero-order chi connectivity index (χ0) is 12.6. The van der Waals surface area contributed by atoms with E-state index in [1.807, 2.05) is 0 Å². The molecule has 0 aliphatic carbocycles. The van der Waals surface area contributed by atoms with E-state index in [0.29, 0.717) is 0 Å². The first-order valence-corrected chi connectivity index (χ1v) is 8.40. The number of alkyl halides is 1. The van der Waals surface area contributed by atoms with Crippen LogP contribution in [0, 0.1) is 0 Å². The first-order valence-electron chi connectivity index (χ1n) is 7.27. The fraction of sp³-hybridized carbons (Fsp3) is 0.750. The van der Waals surface area contributed by atoms with Crippen LogP contribution in [0.2, 0.25) is 0 Å². The second kappa shape index (κ2) is 16.0. The lowest BCUT2D eigenvalue weighted by molar-refractivity contribution is 0.679. The Bertz CT molecular complexity index is 182. The molecule has 0 aromatic carbocycles. The van der Waals surface area contributed by atoms with E-state index in [9.17, 15) is 0 Å². The van der Waals surface area contributed by atoms with Gasteiger partial charge in [0.1, 0.15) is 0 Å². The highest BCUT2D eigenvalue weighted by atomic mass is 79.9. The van der Waals surface area contributed by atoms with Gasteiger partial charge in [-0.2, -0.15) is 0 Å². The van der Waals surface area contributed by atoms with Crippen molar-refractivity contribution in [1.82, 2.24) is 0 Å². The van der Waals surface area contributed by atoms with Gasteiger partial charge in [-0.1, -0.05) is 72.8 Å². The van der Waals surface area contributed by atoms with Gasteiger partial charge in [-0.25, -0.2) is 0 Å². The van der Waals surface area contributed by atoms with Gasteiger partial charge in [0.05, 0.1) is 0 Å². The van der Waals surface area contributed by atoms with Gasteiger partial charge >= 0.3 is 0 Å². The molecule has 0 amide bonds. The van der Waals surface area contributed by atoms with Crippen molar-refractivity contribution >= 4 is 15.9 Å². The third-order valence-corrected chi connectivity index (χ3v) is 3.39. The summed E-state index contributed by atoms with van der Waals surface area (Å²) in [4.78, 5) is 0. The molecule has 0 aliphatic rings. The van der Waals surface area contributed by atoms with E-state index in [2.05, 4.69) is 47.2 Å². The largest absolute Gasteiger partial charge is 0.0928 e. The summed E-state index contributed by atoms with van der Waals surface area (Å²) in [5.74, 6) is 0. The third-order valence-electron chi connectivity index (χ3n) is 2.83. The summed E-state index contributed by atoms with van der Waals surface area (Å²) in [5.41, 5.74) is 0. The summed E-state index contributed by atoms with van der Waals surface area (Å²) >= 11 is 3.46. The highest BCUT2D eigenvalue weighted by molar-refractivity contribution is 9.09. The van der Waals surface area contributed by atoms with E-state index in [0.717, 1.165) is 11.8 Å². The molecule has 0 saturated carbocycles. The molecule has 0 bridgehead atoms. The lowest BCUT2D eigenvalue weighted by Crippen LogP contribution is -1.77. The third kappa shape index (κ3) is 16.0. The van der Waals surface area contributed by atoms with Crippen molar-refractivity contribution in [3.63, 3.8) is 0 Å². The maximum Gasteiger partial charge on any atom is 0.00313 e.